The van der Waals surface area contributed by atoms with E-state index in [1.54, 1.807) is 11.8 Å². The molecule has 1 fully saturated rings. The summed E-state index contributed by atoms with van der Waals surface area (Å²) in [5, 5.41) is 15.4. The Bertz CT molecular complexity index is 867. The van der Waals surface area contributed by atoms with Gasteiger partial charge in [-0.25, -0.2) is 4.98 Å². The molecule has 1 saturated heterocycles. The molecule has 3 heterocycles. The van der Waals surface area contributed by atoms with Crippen molar-refractivity contribution in [2.45, 2.75) is 35.9 Å². The number of hydrogen-bond acceptors (Lipinski definition) is 5. The van der Waals surface area contributed by atoms with Crippen LogP contribution in [-0.4, -0.2) is 32.8 Å². The van der Waals surface area contributed by atoms with Crippen LogP contribution in [0, 0.1) is 6.92 Å². The Morgan fingerprint density at radius 1 is 1.17 bits per heavy atom. The average Bonchev–Trinajstić information content (AvgIpc) is 2.97. The van der Waals surface area contributed by atoms with Gasteiger partial charge in [-0.3, -0.25) is 0 Å². The molecule has 1 aromatic carbocycles. The molecule has 5 nitrogen and oxygen atoms in total. The fraction of sp³-hybridized carbons (Fsp3) is 0.389. The maximum atomic E-state index is 4.80. The van der Waals surface area contributed by atoms with Crippen molar-refractivity contribution in [2.75, 3.05) is 13.1 Å². The van der Waals surface area contributed by atoms with Crippen LogP contribution in [0.2, 0.25) is 0 Å². The van der Waals surface area contributed by atoms with Crippen molar-refractivity contribution in [3.63, 3.8) is 0 Å². The predicted molar refractivity (Wildman–Crippen MR) is 96.5 cm³/mol. The van der Waals surface area contributed by atoms with Gasteiger partial charge in [-0.15, -0.1) is 10.2 Å². The van der Waals surface area contributed by atoms with Crippen LogP contribution < -0.4 is 5.32 Å². The maximum Gasteiger partial charge on any atom is 0.197 e. The molecule has 24 heavy (non-hydrogen) atoms. The molecule has 3 aromatic rings. The smallest absolute Gasteiger partial charge is 0.197 e. The molecular weight excluding hydrogens is 318 g/mol. The summed E-state index contributed by atoms with van der Waals surface area (Å²) in [6.07, 6.45) is 2.26. The van der Waals surface area contributed by atoms with Crippen LogP contribution in [-0.2, 0) is 7.05 Å². The molecule has 1 aliphatic rings. The van der Waals surface area contributed by atoms with Gasteiger partial charge in [0, 0.05) is 18.4 Å². The molecule has 124 valence electrons. The number of fused-ring (bicyclic) bond motifs is 1. The van der Waals surface area contributed by atoms with Crippen molar-refractivity contribution < 1.29 is 0 Å². The Morgan fingerprint density at radius 3 is 2.79 bits per heavy atom. The van der Waals surface area contributed by atoms with E-state index >= 15 is 0 Å². The Hall–Kier alpha value is -1.92. The summed E-state index contributed by atoms with van der Waals surface area (Å²) in [6, 6.07) is 10.4. The minimum absolute atomic E-state index is 0.503. The summed E-state index contributed by atoms with van der Waals surface area (Å²) >= 11 is 1.60. The molecular formula is C18H21N5S. The fourth-order valence-electron chi connectivity index (χ4n) is 3.24. The van der Waals surface area contributed by atoms with Gasteiger partial charge >= 0.3 is 0 Å². The van der Waals surface area contributed by atoms with E-state index < -0.39 is 0 Å². The van der Waals surface area contributed by atoms with Gasteiger partial charge < -0.3 is 9.88 Å². The number of aryl methyl sites for hydroxylation is 1. The summed E-state index contributed by atoms with van der Waals surface area (Å²) in [5.74, 6) is 1.60. The van der Waals surface area contributed by atoms with Crippen molar-refractivity contribution in [3.05, 3.63) is 41.7 Å². The number of piperidine rings is 1. The van der Waals surface area contributed by atoms with Gasteiger partial charge in [0.15, 0.2) is 5.16 Å². The molecule has 0 bridgehead atoms. The Morgan fingerprint density at radius 2 is 1.96 bits per heavy atom. The number of benzene rings is 1. The highest BCUT2D eigenvalue weighted by Gasteiger charge is 2.22. The van der Waals surface area contributed by atoms with Crippen LogP contribution in [0.5, 0.6) is 0 Å². The molecule has 4 rings (SSSR count). The molecule has 0 saturated carbocycles. The van der Waals surface area contributed by atoms with E-state index in [2.05, 4.69) is 52.3 Å². The van der Waals surface area contributed by atoms with Gasteiger partial charge in [0.25, 0.3) is 0 Å². The Balaban J connectivity index is 1.63. The van der Waals surface area contributed by atoms with E-state index in [0.29, 0.717) is 5.92 Å². The predicted octanol–water partition coefficient (Wildman–Crippen LogP) is 3.29. The number of aromatic nitrogens is 4. The normalized spacial score (nSPS) is 15.9. The fourth-order valence-corrected chi connectivity index (χ4v) is 4.09. The van der Waals surface area contributed by atoms with Crippen LogP contribution >= 0.6 is 11.8 Å². The third-order valence-electron chi connectivity index (χ3n) is 4.63. The second kappa shape index (κ2) is 6.53. The number of hydrogen-bond donors (Lipinski definition) is 1. The van der Waals surface area contributed by atoms with Gasteiger partial charge in [-0.05, 0) is 62.3 Å². The molecule has 1 N–H and O–H groups in total. The molecule has 0 radical (unpaired) electrons. The first kappa shape index (κ1) is 15.6. The van der Waals surface area contributed by atoms with E-state index in [4.69, 9.17) is 4.98 Å². The van der Waals surface area contributed by atoms with Crippen LogP contribution in [0.15, 0.2) is 40.5 Å². The highest BCUT2D eigenvalue weighted by Crippen LogP contribution is 2.32. The zero-order valence-corrected chi connectivity index (χ0v) is 14.8. The van der Waals surface area contributed by atoms with Crippen molar-refractivity contribution >= 4 is 22.7 Å². The van der Waals surface area contributed by atoms with Gasteiger partial charge in [-0.2, -0.15) is 0 Å². The number of para-hydroxylation sites is 1. The second-order valence-electron chi connectivity index (χ2n) is 6.33. The van der Waals surface area contributed by atoms with Crippen LogP contribution in [0.1, 0.15) is 30.1 Å². The second-order valence-corrected chi connectivity index (χ2v) is 7.29. The number of pyridine rings is 1. The average molecular weight is 339 g/mol. The molecule has 6 heteroatoms. The van der Waals surface area contributed by atoms with Gasteiger partial charge in [0.1, 0.15) is 10.9 Å². The molecule has 0 unspecified atom stereocenters. The van der Waals surface area contributed by atoms with Crippen LogP contribution in [0.25, 0.3) is 10.9 Å². The van der Waals surface area contributed by atoms with Crippen LogP contribution in [0.4, 0.5) is 0 Å². The molecule has 0 amide bonds. The maximum absolute atomic E-state index is 4.80. The number of nitrogens with one attached hydrogen (secondary N) is 1. The summed E-state index contributed by atoms with van der Waals surface area (Å²) in [5.41, 5.74) is 2.19. The summed E-state index contributed by atoms with van der Waals surface area (Å²) in [7, 11) is 2.07. The first-order valence-electron chi connectivity index (χ1n) is 8.36. The zero-order chi connectivity index (χ0) is 16.5. The third kappa shape index (κ3) is 2.91. The van der Waals surface area contributed by atoms with E-state index in [1.165, 1.54) is 10.9 Å². The SMILES string of the molecule is Cc1cc2ccccc2nc1Sc1nnc(C2CCNCC2)n1C. The van der Waals surface area contributed by atoms with E-state index in [1.807, 2.05) is 12.1 Å². The summed E-state index contributed by atoms with van der Waals surface area (Å²) in [6.45, 7) is 4.22. The first-order chi connectivity index (χ1) is 11.7. The van der Waals surface area contributed by atoms with Crippen molar-refractivity contribution in [2.24, 2.45) is 7.05 Å². The quantitative estimate of drug-likeness (QED) is 0.793. The lowest BCUT2D eigenvalue weighted by atomic mass is 9.97. The minimum Gasteiger partial charge on any atom is -0.317 e. The highest BCUT2D eigenvalue weighted by atomic mass is 32.2. The third-order valence-corrected chi connectivity index (χ3v) is 5.77. The van der Waals surface area contributed by atoms with Crippen molar-refractivity contribution in [3.8, 4) is 0 Å². The lowest BCUT2D eigenvalue weighted by molar-refractivity contribution is 0.434. The van der Waals surface area contributed by atoms with Crippen molar-refractivity contribution in [1.29, 1.82) is 0 Å². The lowest BCUT2D eigenvalue weighted by Crippen LogP contribution is -2.27. The van der Waals surface area contributed by atoms with Crippen molar-refractivity contribution in [1.82, 2.24) is 25.1 Å². The lowest BCUT2D eigenvalue weighted by Gasteiger charge is -2.21. The first-order valence-corrected chi connectivity index (χ1v) is 9.18. The highest BCUT2D eigenvalue weighted by molar-refractivity contribution is 7.99. The van der Waals surface area contributed by atoms with E-state index in [-0.39, 0.29) is 0 Å². The van der Waals surface area contributed by atoms with Gasteiger partial charge in [0.05, 0.1) is 5.52 Å². The topological polar surface area (TPSA) is 55.6 Å². The van der Waals surface area contributed by atoms with Gasteiger partial charge in [0.2, 0.25) is 0 Å². The Labute approximate surface area is 145 Å². The van der Waals surface area contributed by atoms with Crippen LogP contribution in [0.3, 0.4) is 0 Å². The standard InChI is InChI=1S/C18H21N5S/c1-12-11-14-5-3-4-6-15(14)20-17(12)24-18-22-21-16(23(18)2)13-7-9-19-10-8-13/h3-6,11,13,19H,7-10H2,1-2H3. The Kier molecular flexibility index (Phi) is 4.24. The molecule has 0 aliphatic carbocycles. The molecule has 0 atom stereocenters. The van der Waals surface area contributed by atoms with E-state index in [0.717, 1.165) is 47.5 Å². The summed E-state index contributed by atoms with van der Waals surface area (Å²) < 4.78 is 2.14. The number of nitrogens with zero attached hydrogens (tertiary/aromatic N) is 4. The zero-order valence-electron chi connectivity index (χ0n) is 14.0. The molecule has 1 aliphatic heterocycles. The molecule has 0 spiro atoms. The molecule has 2 aromatic heterocycles. The number of rotatable bonds is 3. The minimum atomic E-state index is 0.503. The van der Waals surface area contributed by atoms with Gasteiger partial charge in [-0.1, -0.05) is 18.2 Å². The summed E-state index contributed by atoms with van der Waals surface area (Å²) in [4.78, 5) is 4.80. The van der Waals surface area contributed by atoms with E-state index in [9.17, 15) is 0 Å². The largest absolute Gasteiger partial charge is 0.317 e. The monoisotopic (exact) mass is 339 g/mol.